The van der Waals surface area contributed by atoms with Gasteiger partial charge in [0, 0.05) is 16.4 Å². The highest BCUT2D eigenvalue weighted by Gasteiger charge is 2.44. The van der Waals surface area contributed by atoms with Gasteiger partial charge in [0.1, 0.15) is 5.75 Å². The summed E-state index contributed by atoms with van der Waals surface area (Å²) in [5, 5.41) is 3.46. The van der Waals surface area contributed by atoms with Crippen LogP contribution in [0.2, 0.25) is 0 Å². The Bertz CT molecular complexity index is 374. The molecule has 1 fully saturated rings. The molecular weight excluding hydrogens is 242 g/mol. The summed E-state index contributed by atoms with van der Waals surface area (Å²) >= 11 is 3.45. The zero-order valence-electron chi connectivity index (χ0n) is 7.85. The van der Waals surface area contributed by atoms with Crippen LogP contribution in [0.5, 0.6) is 5.75 Å². The molecule has 0 aromatic heterocycles. The maximum absolute atomic E-state index is 5.81. The first-order valence-corrected chi connectivity index (χ1v) is 5.73. The number of halogens is 1. The minimum atomic E-state index is 0.436. The third-order valence-corrected chi connectivity index (χ3v) is 3.58. The van der Waals surface area contributed by atoms with Crippen LogP contribution in [0.15, 0.2) is 22.7 Å². The number of benzene rings is 1. The van der Waals surface area contributed by atoms with Gasteiger partial charge in [-0.05, 0) is 31.0 Å². The quantitative estimate of drug-likeness (QED) is 0.768. The molecule has 3 rings (SSSR count). The lowest BCUT2D eigenvalue weighted by molar-refractivity contribution is 0.251. The highest BCUT2D eigenvalue weighted by atomic mass is 79.9. The number of rotatable bonds is 0. The molecular formula is C11H12BrNO. The van der Waals surface area contributed by atoms with Crippen LogP contribution in [0, 0.1) is 5.41 Å². The molecule has 0 radical (unpaired) electrons. The van der Waals surface area contributed by atoms with E-state index in [9.17, 15) is 0 Å². The molecule has 1 aliphatic heterocycles. The van der Waals surface area contributed by atoms with Crippen molar-refractivity contribution >= 4 is 21.6 Å². The van der Waals surface area contributed by atoms with Crippen LogP contribution in [0.4, 0.5) is 5.69 Å². The smallest absolute Gasteiger partial charge is 0.143 e. The zero-order chi connectivity index (χ0) is 9.60. The van der Waals surface area contributed by atoms with Crippen molar-refractivity contribution in [2.45, 2.75) is 12.8 Å². The predicted molar refractivity (Wildman–Crippen MR) is 59.8 cm³/mol. The van der Waals surface area contributed by atoms with Gasteiger partial charge in [0.2, 0.25) is 0 Å². The molecule has 1 aromatic rings. The maximum atomic E-state index is 5.81. The molecule has 1 aliphatic carbocycles. The van der Waals surface area contributed by atoms with E-state index in [1.807, 2.05) is 12.1 Å². The summed E-state index contributed by atoms with van der Waals surface area (Å²) in [5.74, 6) is 0.975. The minimum absolute atomic E-state index is 0.436. The van der Waals surface area contributed by atoms with Crippen LogP contribution in [0.25, 0.3) is 0 Å². The average Bonchev–Trinajstić information content (AvgIpc) is 2.96. The van der Waals surface area contributed by atoms with Gasteiger partial charge in [0.15, 0.2) is 0 Å². The lowest BCUT2D eigenvalue weighted by Crippen LogP contribution is -2.18. The topological polar surface area (TPSA) is 21.3 Å². The molecule has 0 bridgehead atoms. The van der Waals surface area contributed by atoms with E-state index < -0.39 is 0 Å². The Morgan fingerprint density at radius 3 is 3.00 bits per heavy atom. The standard InChI is InChI=1S/C11H12BrNO/c12-8-1-2-9-10(5-8)14-7-11(3-4-11)6-13-9/h1-2,5,13H,3-4,6-7H2. The summed E-state index contributed by atoms with van der Waals surface area (Å²) < 4.78 is 6.89. The van der Waals surface area contributed by atoms with E-state index >= 15 is 0 Å². The van der Waals surface area contributed by atoms with Gasteiger partial charge in [-0.25, -0.2) is 0 Å². The zero-order valence-corrected chi connectivity index (χ0v) is 9.43. The van der Waals surface area contributed by atoms with E-state index in [0.29, 0.717) is 5.41 Å². The summed E-state index contributed by atoms with van der Waals surface area (Å²) in [6, 6.07) is 6.14. The van der Waals surface area contributed by atoms with Crippen LogP contribution in [0.3, 0.4) is 0 Å². The second kappa shape index (κ2) is 2.89. The Kier molecular flexibility index (Phi) is 1.78. The summed E-state index contributed by atoms with van der Waals surface area (Å²) in [5.41, 5.74) is 1.56. The lowest BCUT2D eigenvalue weighted by Gasteiger charge is -2.09. The maximum Gasteiger partial charge on any atom is 0.143 e. The van der Waals surface area contributed by atoms with E-state index in [-0.39, 0.29) is 0 Å². The fourth-order valence-corrected chi connectivity index (χ4v) is 2.16. The average molecular weight is 254 g/mol. The third-order valence-electron chi connectivity index (χ3n) is 3.09. The van der Waals surface area contributed by atoms with Gasteiger partial charge in [-0.1, -0.05) is 15.9 Å². The van der Waals surface area contributed by atoms with E-state index in [4.69, 9.17) is 4.74 Å². The molecule has 74 valence electrons. The van der Waals surface area contributed by atoms with Crippen LogP contribution < -0.4 is 10.1 Å². The second-order valence-corrected chi connectivity index (χ2v) is 5.20. The number of fused-ring (bicyclic) bond motifs is 1. The van der Waals surface area contributed by atoms with Crippen molar-refractivity contribution in [2.75, 3.05) is 18.5 Å². The molecule has 1 N–H and O–H groups in total. The molecule has 1 aromatic carbocycles. The van der Waals surface area contributed by atoms with Crippen molar-refractivity contribution in [3.8, 4) is 5.75 Å². The molecule has 1 spiro atoms. The molecule has 2 nitrogen and oxygen atoms in total. The van der Waals surface area contributed by atoms with Crippen LogP contribution in [-0.4, -0.2) is 13.2 Å². The fraction of sp³-hybridized carbons (Fsp3) is 0.455. The van der Waals surface area contributed by atoms with Crippen molar-refractivity contribution in [1.82, 2.24) is 0 Å². The van der Waals surface area contributed by atoms with Crippen molar-refractivity contribution in [3.05, 3.63) is 22.7 Å². The summed E-state index contributed by atoms with van der Waals surface area (Å²) in [7, 11) is 0. The first-order chi connectivity index (χ1) is 6.77. The Morgan fingerprint density at radius 1 is 1.36 bits per heavy atom. The van der Waals surface area contributed by atoms with Crippen LogP contribution >= 0.6 is 15.9 Å². The van der Waals surface area contributed by atoms with Crippen molar-refractivity contribution in [3.63, 3.8) is 0 Å². The Hall–Kier alpha value is -0.700. The molecule has 0 unspecified atom stereocenters. The molecule has 1 heterocycles. The number of ether oxygens (including phenoxy) is 1. The Labute approximate surface area is 91.8 Å². The Morgan fingerprint density at radius 2 is 2.21 bits per heavy atom. The van der Waals surface area contributed by atoms with Gasteiger partial charge < -0.3 is 10.1 Å². The van der Waals surface area contributed by atoms with Crippen LogP contribution in [-0.2, 0) is 0 Å². The molecule has 0 saturated heterocycles. The lowest BCUT2D eigenvalue weighted by atomic mass is 10.1. The monoisotopic (exact) mass is 253 g/mol. The number of hydrogen-bond acceptors (Lipinski definition) is 2. The van der Waals surface area contributed by atoms with Crippen molar-refractivity contribution < 1.29 is 4.74 Å². The molecule has 14 heavy (non-hydrogen) atoms. The van der Waals surface area contributed by atoms with Gasteiger partial charge in [-0.2, -0.15) is 0 Å². The first-order valence-electron chi connectivity index (χ1n) is 4.94. The predicted octanol–water partition coefficient (Wildman–Crippen LogP) is 3.03. The summed E-state index contributed by atoms with van der Waals surface area (Å²) in [6.07, 6.45) is 2.60. The largest absolute Gasteiger partial charge is 0.491 e. The van der Waals surface area contributed by atoms with E-state index in [1.54, 1.807) is 0 Å². The molecule has 0 atom stereocenters. The first kappa shape index (κ1) is 8.60. The van der Waals surface area contributed by atoms with Crippen LogP contribution in [0.1, 0.15) is 12.8 Å². The molecule has 2 aliphatic rings. The molecule has 1 saturated carbocycles. The third kappa shape index (κ3) is 1.40. The SMILES string of the molecule is Brc1ccc2c(c1)OCC1(CC1)CN2. The van der Waals surface area contributed by atoms with Crippen molar-refractivity contribution in [2.24, 2.45) is 5.41 Å². The summed E-state index contributed by atoms with van der Waals surface area (Å²) in [4.78, 5) is 0. The molecule has 0 amide bonds. The Balaban J connectivity index is 1.93. The van der Waals surface area contributed by atoms with Gasteiger partial charge >= 0.3 is 0 Å². The summed E-state index contributed by atoms with van der Waals surface area (Å²) in [6.45, 7) is 1.92. The number of nitrogens with one attached hydrogen (secondary N) is 1. The van der Waals surface area contributed by atoms with Gasteiger partial charge in [0.05, 0.1) is 12.3 Å². The van der Waals surface area contributed by atoms with E-state index in [0.717, 1.165) is 29.1 Å². The van der Waals surface area contributed by atoms with Gasteiger partial charge in [-0.3, -0.25) is 0 Å². The van der Waals surface area contributed by atoms with Crippen molar-refractivity contribution in [1.29, 1.82) is 0 Å². The minimum Gasteiger partial charge on any atom is -0.491 e. The van der Waals surface area contributed by atoms with Gasteiger partial charge in [-0.15, -0.1) is 0 Å². The molecule has 3 heteroatoms. The number of anilines is 1. The highest BCUT2D eigenvalue weighted by molar-refractivity contribution is 9.10. The normalized spacial score (nSPS) is 21.8. The second-order valence-electron chi connectivity index (χ2n) is 4.28. The highest BCUT2D eigenvalue weighted by Crippen LogP contribution is 2.48. The fourth-order valence-electron chi connectivity index (χ4n) is 1.82. The van der Waals surface area contributed by atoms with E-state index in [2.05, 4.69) is 27.3 Å². The van der Waals surface area contributed by atoms with E-state index in [1.165, 1.54) is 12.8 Å². The van der Waals surface area contributed by atoms with Gasteiger partial charge in [0.25, 0.3) is 0 Å². The number of hydrogen-bond donors (Lipinski definition) is 1.